The van der Waals surface area contributed by atoms with E-state index in [0.29, 0.717) is 44.2 Å². The predicted molar refractivity (Wildman–Crippen MR) is 94.1 cm³/mol. The lowest BCUT2D eigenvalue weighted by Crippen LogP contribution is -2.48. The van der Waals surface area contributed by atoms with Crippen molar-refractivity contribution in [3.8, 4) is 0 Å². The largest absolute Gasteiger partial charge is 0.459 e. The molecule has 132 valence electrons. The van der Waals surface area contributed by atoms with Gasteiger partial charge < -0.3 is 19.5 Å². The Morgan fingerprint density at radius 1 is 1.28 bits per heavy atom. The van der Waals surface area contributed by atoms with Crippen molar-refractivity contribution in [2.75, 3.05) is 42.9 Å². The molecule has 0 radical (unpaired) electrons. The summed E-state index contributed by atoms with van der Waals surface area (Å²) in [5, 5.41) is 14.2. The Hall–Kier alpha value is -3.03. The van der Waals surface area contributed by atoms with Crippen LogP contribution < -0.4 is 10.2 Å². The fourth-order valence-electron chi connectivity index (χ4n) is 2.94. The number of carbonyl (C=O) groups excluding carboxylic acids is 1. The van der Waals surface area contributed by atoms with Crippen LogP contribution in [0.1, 0.15) is 17.5 Å². The number of furan rings is 1. The molecule has 1 fully saturated rings. The molecular weight excluding hydrogens is 324 g/mol. The molecule has 1 aliphatic heterocycles. The van der Waals surface area contributed by atoms with Gasteiger partial charge in [0.25, 0.3) is 11.6 Å². The third-order valence-corrected chi connectivity index (χ3v) is 4.21. The number of nitro benzene ring substituents is 1. The van der Waals surface area contributed by atoms with E-state index in [0.717, 1.165) is 5.69 Å². The number of hydrogen-bond donors (Lipinski definition) is 1. The van der Waals surface area contributed by atoms with Gasteiger partial charge in [-0.1, -0.05) is 0 Å². The molecule has 0 bridgehead atoms. The maximum atomic E-state index is 12.3. The van der Waals surface area contributed by atoms with Gasteiger partial charge in [0, 0.05) is 44.5 Å². The van der Waals surface area contributed by atoms with Crippen LogP contribution in [0.25, 0.3) is 0 Å². The van der Waals surface area contributed by atoms with Crippen LogP contribution in [0.5, 0.6) is 0 Å². The monoisotopic (exact) mass is 344 g/mol. The average Bonchev–Trinajstić information content (AvgIpc) is 3.16. The van der Waals surface area contributed by atoms with Gasteiger partial charge in [-0.15, -0.1) is 0 Å². The quantitative estimate of drug-likeness (QED) is 0.662. The first-order chi connectivity index (χ1) is 12.1. The molecule has 2 aromatic rings. The standard InChI is InChI=1S/C17H20N4O4/c1-2-18-14-12-13(5-6-15(14)21(23)24)19-7-9-20(10-8-19)17(22)16-4-3-11-25-16/h3-6,11-12,18H,2,7-10H2,1H3. The fourth-order valence-corrected chi connectivity index (χ4v) is 2.94. The zero-order valence-electron chi connectivity index (χ0n) is 14.0. The highest BCUT2D eigenvalue weighted by molar-refractivity contribution is 5.91. The van der Waals surface area contributed by atoms with E-state index in [1.54, 1.807) is 29.2 Å². The number of benzene rings is 1. The van der Waals surface area contributed by atoms with Crippen LogP contribution in [0.3, 0.4) is 0 Å². The van der Waals surface area contributed by atoms with Crippen molar-refractivity contribution < 1.29 is 14.1 Å². The van der Waals surface area contributed by atoms with Gasteiger partial charge >= 0.3 is 0 Å². The minimum absolute atomic E-state index is 0.0669. The summed E-state index contributed by atoms with van der Waals surface area (Å²) in [6, 6.07) is 8.43. The number of anilines is 2. The molecule has 8 heteroatoms. The summed E-state index contributed by atoms with van der Waals surface area (Å²) in [6.07, 6.45) is 1.49. The van der Waals surface area contributed by atoms with Crippen LogP contribution in [-0.4, -0.2) is 48.5 Å². The molecular formula is C17H20N4O4. The molecule has 25 heavy (non-hydrogen) atoms. The Balaban J connectivity index is 1.69. The maximum Gasteiger partial charge on any atom is 0.292 e. The molecule has 1 aromatic carbocycles. The summed E-state index contributed by atoms with van der Waals surface area (Å²) in [7, 11) is 0. The highest BCUT2D eigenvalue weighted by atomic mass is 16.6. The lowest BCUT2D eigenvalue weighted by molar-refractivity contribution is -0.383. The molecule has 3 rings (SSSR count). The Kier molecular flexibility index (Phi) is 4.87. The number of nitrogens with zero attached hydrogens (tertiary/aromatic N) is 3. The third-order valence-electron chi connectivity index (χ3n) is 4.21. The van der Waals surface area contributed by atoms with Gasteiger partial charge in [0.2, 0.25) is 0 Å². The Bertz CT molecular complexity index is 752. The van der Waals surface area contributed by atoms with Gasteiger partial charge in [0.05, 0.1) is 11.2 Å². The molecule has 1 N–H and O–H groups in total. The molecule has 1 aromatic heterocycles. The number of hydrogen-bond acceptors (Lipinski definition) is 6. The second-order valence-electron chi connectivity index (χ2n) is 5.75. The summed E-state index contributed by atoms with van der Waals surface area (Å²) in [6.45, 7) is 4.98. The normalized spacial score (nSPS) is 14.4. The smallest absolute Gasteiger partial charge is 0.292 e. The number of nitro groups is 1. The van der Waals surface area contributed by atoms with Crippen LogP contribution in [0, 0.1) is 10.1 Å². The van der Waals surface area contributed by atoms with Crippen LogP contribution in [0.2, 0.25) is 0 Å². The Morgan fingerprint density at radius 2 is 2.04 bits per heavy atom. The SMILES string of the molecule is CCNc1cc(N2CCN(C(=O)c3ccco3)CC2)ccc1[N+](=O)[O-]. The highest BCUT2D eigenvalue weighted by Gasteiger charge is 2.24. The summed E-state index contributed by atoms with van der Waals surface area (Å²) in [4.78, 5) is 26.9. The molecule has 1 saturated heterocycles. The van der Waals surface area contributed by atoms with Crippen molar-refractivity contribution in [2.24, 2.45) is 0 Å². The second kappa shape index (κ2) is 7.25. The van der Waals surface area contributed by atoms with E-state index in [1.165, 1.54) is 12.3 Å². The fraction of sp³-hybridized carbons (Fsp3) is 0.353. The van der Waals surface area contributed by atoms with Crippen molar-refractivity contribution in [1.29, 1.82) is 0 Å². The number of amides is 1. The zero-order valence-corrected chi connectivity index (χ0v) is 14.0. The third kappa shape index (κ3) is 3.57. The van der Waals surface area contributed by atoms with E-state index < -0.39 is 0 Å². The molecule has 1 aliphatic rings. The van der Waals surface area contributed by atoms with Crippen molar-refractivity contribution in [1.82, 2.24) is 4.90 Å². The van der Waals surface area contributed by atoms with Crippen molar-refractivity contribution in [3.05, 3.63) is 52.5 Å². The molecule has 0 unspecified atom stereocenters. The molecule has 0 aliphatic carbocycles. The maximum absolute atomic E-state index is 12.3. The predicted octanol–water partition coefficient (Wildman–Crippen LogP) is 2.58. The highest BCUT2D eigenvalue weighted by Crippen LogP contribution is 2.30. The van der Waals surface area contributed by atoms with Crippen LogP contribution in [0.15, 0.2) is 41.0 Å². The zero-order chi connectivity index (χ0) is 17.8. The topological polar surface area (TPSA) is 91.9 Å². The average molecular weight is 344 g/mol. The van der Waals surface area contributed by atoms with Crippen molar-refractivity contribution in [2.45, 2.75) is 6.92 Å². The van der Waals surface area contributed by atoms with E-state index in [4.69, 9.17) is 4.42 Å². The first-order valence-electron chi connectivity index (χ1n) is 8.20. The molecule has 8 nitrogen and oxygen atoms in total. The van der Waals surface area contributed by atoms with Crippen LogP contribution in [-0.2, 0) is 0 Å². The number of rotatable bonds is 5. The van der Waals surface area contributed by atoms with Gasteiger partial charge in [0.15, 0.2) is 5.76 Å². The van der Waals surface area contributed by atoms with E-state index in [2.05, 4.69) is 10.2 Å². The van der Waals surface area contributed by atoms with Gasteiger partial charge in [-0.25, -0.2) is 0 Å². The summed E-state index contributed by atoms with van der Waals surface area (Å²) < 4.78 is 5.16. The second-order valence-corrected chi connectivity index (χ2v) is 5.75. The van der Waals surface area contributed by atoms with E-state index in [1.807, 2.05) is 6.92 Å². The van der Waals surface area contributed by atoms with Crippen molar-refractivity contribution >= 4 is 23.0 Å². The molecule has 0 atom stereocenters. The van der Waals surface area contributed by atoms with Gasteiger partial charge in [0.1, 0.15) is 5.69 Å². The number of carbonyl (C=O) groups is 1. The number of nitrogens with one attached hydrogen (secondary N) is 1. The van der Waals surface area contributed by atoms with E-state index >= 15 is 0 Å². The summed E-state index contributed by atoms with van der Waals surface area (Å²) in [5.41, 5.74) is 1.49. The Morgan fingerprint density at radius 3 is 2.64 bits per heavy atom. The summed E-state index contributed by atoms with van der Waals surface area (Å²) in [5.74, 6) is 0.236. The Labute approximate surface area is 145 Å². The van der Waals surface area contributed by atoms with Gasteiger partial charge in [-0.2, -0.15) is 0 Å². The van der Waals surface area contributed by atoms with Gasteiger partial charge in [-0.05, 0) is 31.2 Å². The first kappa shape index (κ1) is 16.8. The summed E-state index contributed by atoms with van der Waals surface area (Å²) >= 11 is 0. The molecule has 0 saturated carbocycles. The first-order valence-corrected chi connectivity index (χ1v) is 8.20. The van der Waals surface area contributed by atoms with Crippen LogP contribution >= 0.6 is 0 Å². The molecule has 1 amide bonds. The minimum Gasteiger partial charge on any atom is -0.459 e. The van der Waals surface area contributed by atoms with Crippen LogP contribution in [0.4, 0.5) is 17.1 Å². The van der Waals surface area contributed by atoms with E-state index in [9.17, 15) is 14.9 Å². The lowest BCUT2D eigenvalue weighted by Gasteiger charge is -2.35. The number of piperazine rings is 1. The lowest BCUT2D eigenvalue weighted by atomic mass is 10.2. The molecule has 0 spiro atoms. The molecule has 2 heterocycles. The van der Waals surface area contributed by atoms with Crippen molar-refractivity contribution in [3.63, 3.8) is 0 Å². The van der Waals surface area contributed by atoms with E-state index in [-0.39, 0.29) is 16.5 Å². The van der Waals surface area contributed by atoms with Gasteiger partial charge in [-0.3, -0.25) is 14.9 Å². The minimum atomic E-state index is -0.387.